The quantitative estimate of drug-likeness (QED) is 0.455. The van der Waals surface area contributed by atoms with Gasteiger partial charge in [-0.2, -0.15) is 11.6 Å². The van der Waals surface area contributed by atoms with Crippen LogP contribution in [0.15, 0.2) is 48.5 Å². The summed E-state index contributed by atoms with van der Waals surface area (Å²) >= 11 is 0. The van der Waals surface area contributed by atoms with E-state index in [9.17, 15) is 0 Å². The Labute approximate surface area is 112 Å². The van der Waals surface area contributed by atoms with Crippen molar-refractivity contribution in [2.75, 3.05) is 0 Å². The van der Waals surface area contributed by atoms with Crippen molar-refractivity contribution in [2.24, 2.45) is 0 Å². The van der Waals surface area contributed by atoms with Crippen molar-refractivity contribution >= 4 is 14.5 Å². The maximum Gasteiger partial charge on any atom is 0 e. The third-order valence-electron chi connectivity index (χ3n) is 2.30. The molecule has 0 nitrogen and oxygen atoms in total. The first-order valence-corrected chi connectivity index (χ1v) is 6.09. The average molecular weight is 274 g/mol. The van der Waals surface area contributed by atoms with Crippen LogP contribution < -0.4 is 5.30 Å². The van der Waals surface area contributed by atoms with Crippen molar-refractivity contribution < 1.29 is 17.1 Å². The normalized spacial score (nSPS) is 8.88. The van der Waals surface area contributed by atoms with Gasteiger partial charge in [0.15, 0.2) is 0 Å². The predicted octanol–water partition coefficient (Wildman–Crippen LogP) is 3.65. The summed E-state index contributed by atoms with van der Waals surface area (Å²) in [5.74, 6) is 0. The number of unbranched alkanes of at least 4 members (excludes halogenated alkanes) is 1. The second-order valence-corrected chi connectivity index (χ2v) is 4.19. The van der Waals surface area contributed by atoms with Gasteiger partial charge in [0.2, 0.25) is 0 Å². The minimum Gasteiger partial charge on any atom is -0.748 e. The number of hydrogen-bond acceptors (Lipinski definition) is 0. The largest absolute Gasteiger partial charge is 0.748 e. The zero-order valence-corrected chi connectivity index (χ0v) is 11.9. The van der Waals surface area contributed by atoms with E-state index in [2.05, 4.69) is 34.4 Å². The van der Waals surface area contributed by atoms with E-state index in [1.807, 2.05) is 30.3 Å². The summed E-state index contributed by atoms with van der Waals surface area (Å²) in [6, 6.07) is 16.5. The van der Waals surface area contributed by atoms with Gasteiger partial charge in [0.1, 0.15) is 0 Å². The molecule has 0 aliphatic rings. The minimum absolute atomic E-state index is 0. The van der Waals surface area contributed by atoms with Crippen LogP contribution in [0.3, 0.4) is 0 Å². The van der Waals surface area contributed by atoms with Crippen molar-refractivity contribution in [1.82, 2.24) is 0 Å². The third kappa shape index (κ3) is 6.28. The molecule has 2 heteroatoms. The molecule has 2 aromatic carbocycles. The molecule has 0 bridgehead atoms. The van der Waals surface area contributed by atoms with E-state index in [-0.39, 0.29) is 17.1 Å². The molecule has 0 aromatic heterocycles. The second kappa shape index (κ2) is 9.85. The maximum atomic E-state index is 2.77. The molecule has 0 amide bonds. The molecule has 94 valence electrons. The molecule has 0 heterocycles. The molecule has 1 unspecified atom stereocenters. The summed E-state index contributed by atoms with van der Waals surface area (Å²) in [6.45, 7) is 2.23. The summed E-state index contributed by atoms with van der Waals surface area (Å²) in [7, 11) is 2.77. The third-order valence-corrected chi connectivity index (χ3v) is 2.86. The molecule has 0 saturated carbocycles. The molecule has 0 aliphatic carbocycles. The molecule has 0 aliphatic heterocycles. The fourth-order valence-electron chi connectivity index (χ4n) is 1.39. The predicted molar refractivity (Wildman–Crippen MR) is 72.0 cm³/mol. The Morgan fingerprint density at radius 3 is 2.12 bits per heavy atom. The molecule has 0 spiro atoms. The van der Waals surface area contributed by atoms with E-state index in [0.29, 0.717) is 0 Å². The van der Waals surface area contributed by atoms with Crippen LogP contribution in [0, 0.1) is 0 Å². The van der Waals surface area contributed by atoms with E-state index < -0.39 is 0 Å². The van der Waals surface area contributed by atoms with Gasteiger partial charge in [-0.3, -0.25) is 0 Å². The van der Waals surface area contributed by atoms with Crippen LogP contribution in [0.1, 0.15) is 25.3 Å². The molecule has 2 rings (SSSR count). The van der Waals surface area contributed by atoms with E-state index in [1.54, 1.807) is 0 Å². The first kappa shape index (κ1) is 15.6. The van der Waals surface area contributed by atoms with Gasteiger partial charge in [0.05, 0.1) is 0 Å². The van der Waals surface area contributed by atoms with Crippen molar-refractivity contribution in [3.8, 4) is 0 Å². The van der Waals surface area contributed by atoms with E-state index in [4.69, 9.17) is 0 Å². The van der Waals surface area contributed by atoms with Crippen LogP contribution in [0.5, 0.6) is 0 Å². The number of aryl methyl sites for hydroxylation is 1. The smallest absolute Gasteiger partial charge is 0 e. The number of hydrogen-bond donors (Lipinski definition) is 0. The van der Waals surface area contributed by atoms with Gasteiger partial charge < -0.3 is 30.3 Å². The molecule has 2 aromatic rings. The summed E-state index contributed by atoms with van der Waals surface area (Å²) < 4.78 is 0. The van der Waals surface area contributed by atoms with Gasteiger partial charge in [-0.25, -0.2) is 12.1 Å². The molecule has 16 heavy (non-hydrogen) atoms. The van der Waals surface area contributed by atoms with Crippen LogP contribution in [0.4, 0.5) is 0 Å². The molecule has 0 saturated heterocycles. The maximum absolute atomic E-state index is 2.77. The molecular formula is C14H19FeP-6. The molecule has 1 atom stereocenters. The second-order valence-electron chi connectivity index (χ2n) is 3.57. The monoisotopic (exact) mass is 274 g/mol. The Bertz CT molecular complexity index is 318. The SMILES string of the molecule is CCCC[c-]1cccc1P.[Fe].[cH-]1[cH-][cH-][cH-][cH-]1. The van der Waals surface area contributed by atoms with E-state index in [0.717, 1.165) is 0 Å². The van der Waals surface area contributed by atoms with Crippen LogP contribution in [-0.4, -0.2) is 0 Å². The summed E-state index contributed by atoms with van der Waals surface area (Å²) in [5, 5.41) is 1.37. The molecule has 0 N–H and O–H groups in total. The molecule has 0 radical (unpaired) electrons. The van der Waals surface area contributed by atoms with Crippen LogP contribution in [-0.2, 0) is 23.5 Å². The zero-order chi connectivity index (χ0) is 10.9. The Balaban J connectivity index is 0.000000318. The first-order chi connectivity index (χ1) is 7.34. The average Bonchev–Trinajstić information content (AvgIpc) is 2.89. The Kier molecular flexibility index (Phi) is 9.63. The minimum atomic E-state index is 0. The Morgan fingerprint density at radius 1 is 1.19 bits per heavy atom. The first-order valence-electron chi connectivity index (χ1n) is 5.51. The van der Waals surface area contributed by atoms with Gasteiger partial charge in [-0.05, 0) is 0 Å². The van der Waals surface area contributed by atoms with Crippen molar-refractivity contribution in [1.29, 1.82) is 0 Å². The van der Waals surface area contributed by atoms with E-state index in [1.165, 1.54) is 30.1 Å². The van der Waals surface area contributed by atoms with Crippen LogP contribution in [0.2, 0.25) is 0 Å². The Hall–Kier alpha value is -0.351. The zero-order valence-electron chi connectivity index (χ0n) is 9.67. The van der Waals surface area contributed by atoms with Gasteiger partial charge in [-0.1, -0.05) is 26.2 Å². The summed E-state index contributed by atoms with van der Waals surface area (Å²) in [5.41, 5.74) is 1.49. The standard InChI is InChI=1S/C9H14P.C5H5.Fe/c1-2-3-5-8-6-4-7-9(8)10;1-2-4-5-3-1;/h4,6-7H,2-3,5,10H2,1H3;1-5H;/q-1;-5;. The fourth-order valence-corrected chi connectivity index (χ4v) is 1.74. The van der Waals surface area contributed by atoms with Gasteiger partial charge in [-0.15, -0.1) is 14.5 Å². The molecule has 0 fully saturated rings. The fraction of sp³-hybridized carbons (Fsp3) is 0.286. The topological polar surface area (TPSA) is 0 Å². The Morgan fingerprint density at radius 2 is 1.75 bits per heavy atom. The molecular weight excluding hydrogens is 255 g/mol. The van der Waals surface area contributed by atoms with Gasteiger partial charge in [0, 0.05) is 17.1 Å². The van der Waals surface area contributed by atoms with Crippen molar-refractivity contribution in [2.45, 2.75) is 26.2 Å². The summed E-state index contributed by atoms with van der Waals surface area (Å²) in [4.78, 5) is 0. The van der Waals surface area contributed by atoms with E-state index >= 15 is 0 Å². The van der Waals surface area contributed by atoms with Crippen LogP contribution >= 0.6 is 9.24 Å². The summed E-state index contributed by atoms with van der Waals surface area (Å²) in [6.07, 6.45) is 3.84. The van der Waals surface area contributed by atoms with Gasteiger partial charge in [0.25, 0.3) is 0 Å². The number of rotatable bonds is 3. The van der Waals surface area contributed by atoms with Crippen LogP contribution in [0.25, 0.3) is 0 Å². The van der Waals surface area contributed by atoms with Gasteiger partial charge >= 0.3 is 0 Å². The van der Waals surface area contributed by atoms with Crippen molar-refractivity contribution in [3.63, 3.8) is 0 Å². The van der Waals surface area contributed by atoms with Crippen molar-refractivity contribution in [3.05, 3.63) is 54.1 Å².